The molecule has 0 aromatic carbocycles. The van der Waals surface area contributed by atoms with Crippen molar-refractivity contribution in [1.29, 1.82) is 0 Å². The summed E-state index contributed by atoms with van der Waals surface area (Å²) in [5.74, 6) is -4.80. The summed E-state index contributed by atoms with van der Waals surface area (Å²) >= 11 is 0. The first-order chi connectivity index (χ1) is 10.1. The average Bonchev–Trinajstić information content (AvgIpc) is 2.39. The van der Waals surface area contributed by atoms with Gasteiger partial charge in [-0.2, -0.15) is 26.0 Å². The van der Waals surface area contributed by atoms with Gasteiger partial charge in [0, 0.05) is 19.6 Å². The molecule has 0 aliphatic rings. The highest BCUT2D eigenvalue weighted by molar-refractivity contribution is 7.87. The third-order valence-electron chi connectivity index (χ3n) is 3.17. The van der Waals surface area contributed by atoms with E-state index < -0.39 is 27.7 Å². The molecule has 0 rings (SSSR count). The van der Waals surface area contributed by atoms with Gasteiger partial charge in [0.1, 0.15) is 0 Å². The van der Waals surface area contributed by atoms with E-state index in [0.717, 1.165) is 32.1 Å². The fourth-order valence-corrected chi connectivity index (χ4v) is 2.27. The maximum Gasteiger partial charge on any atom is 0.431 e. The number of unbranched alkanes of at least 4 members (excludes halogenated alkanes) is 5. The number of rotatable bonds is 13. The predicted octanol–water partition coefficient (Wildman–Crippen LogP) is 4.26. The van der Waals surface area contributed by atoms with E-state index in [1.54, 1.807) is 0 Å². The van der Waals surface area contributed by atoms with E-state index in [2.05, 4.69) is 6.92 Å². The van der Waals surface area contributed by atoms with Crippen LogP contribution in [0.3, 0.4) is 0 Å². The number of alkyl halides is 4. The predicted molar refractivity (Wildman–Crippen MR) is 74.9 cm³/mol. The van der Waals surface area contributed by atoms with Crippen LogP contribution < -0.4 is 0 Å². The van der Waals surface area contributed by atoms with Crippen LogP contribution in [0.4, 0.5) is 17.6 Å². The fraction of sp³-hybridized carbons (Fsp3) is 1.00. The zero-order valence-electron chi connectivity index (χ0n) is 12.7. The largest absolute Gasteiger partial charge is 0.431 e. The zero-order chi connectivity index (χ0) is 17.3. The van der Waals surface area contributed by atoms with Gasteiger partial charge in [0.05, 0.1) is 0 Å². The molecule has 0 aliphatic carbocycles. The SMILES string of the molecule is CCCCCCCOCCCCC(F)(F)C(F)(F)S(=O)(=O)O. The molecule has 0 saturated carbocycles. The second kappa shape index (κ2) is 9.67. The third-order valence-corrected chi connectivity index (χ3v) is 4.12. The summed E-state index contributed by atoms with van der Waals surface area (Å²) in [4.78, 5) is 0. The second-order valence-electron chi connectivity index (χ2n) is 5.18. The topological polar surface area (TPSA) is 63.6 Å². The first-order valence-corrected chi connectivity index (χ1v) is 8.80. The molecule has 0 saturated heterocycles. The Morgan fingerprint density at radius 1 is 0.909 bits per heavy atom. The van der Waals surface area contributed by atoms with Gasteiger partial charge in [-0.3, -0.25) is 4.55 Å². The zero-order valence-corrected chi connectivity index (χ0v) is 13.5. The first-order valence-electron chi connectivity index (χ1n) is 7.36. The van der Waals surface area contributed by atoms with Crippen molar-refractivity contribution in [2.75, 3.05) is 13.2 Å². The molecule has 0 atom stereocenters. The Morgan fingerprint density at radius 3 is 1.91 bits per heavy atom. The molecule has 9 heteroatoms. The average molecular weight is 352 g/mol. The fourth-order valence-electron chi connectivity index (χ4n) is 1.80. The molecule has 1 N–H and O–H groups in total. The maximum absolute atomic E-state index is 13.1. The quantitative estimate of drug-likeness (QED) is 0.306. The molecule has 134 valence electrons. The van der Waals surface area contributed by atoms with Crippen LogP contribution in [0.15, 0.2) is 0 Å². The smallest absolute Gasteiger partial charge is 0.381 e. The van der Waals surface area contributed by atoms with Crippen molar-refractivity contribution < 1.29 is 35.3 Å². The van der Waals surface area contributed by atoms with Crippen molar-refractivity contribution in [1.82, 2.24) is 0 Å². The lowest BCUT2D eigenvalue weighted by Crippen LogP contribution is -2.46. The minimum absolute atomic E-state index is 0.117. The lowest BCUT2D eigenvalue weighted by atomic mass is 10.1. The van der Waals surface area contributed by atoms with Gasteiger partial charge in [-0.25, -0.2) is 0 Å². The molecule has 0 amide bonds. The number of ether oxygens (including phenoxy) is 1. The van der Waals surface area contributed by atoms with Gasteiger partial charge in [0.2, 0.25) is 0 Å². The molecule has 0 bridgehead atoms. The van der Waals surface area contributed by atoms with Crippen LogP contribution in [0.5, 0.6) is 0 Å². The second-order valence-corrected chi connectivity index (χ2v) is 6.64. The van der Waals surface area contributed by atoms with Crippen LogP contribution in [-0.4, -0.2) is 37.4 Å². The van der Waals surface area contributed by atoms with Crippen LogP contribution in [0.2, 0.25) is 0 Å². The molecule has 0 aromatic heterocycles. The summed E-state index contributed by atoms with van der Waals surface area (Å²) < 4.78 is 85.9. The van der Waals surface area contributed by atoms with Gasteiger partial charge in [0.25, 0.3) is 0 Å². The molecule has 0 spiro atoms. The summed E-state index contributed by atoms with van der Waals surface area (Å²) in [7, 11) is -6.14. The summed E-state index contributed by atoms with van der Waals surface area (Å²) in [5, 5.41) is -5.47. The van der Waals surface area contributed by atoms with E-state index in [-0.39, 0.29) is 19.4 Å². The molecule has 0 heterocycles. The first kappa shape index (κ1) is 21.6. The third kappa shape index (κ3) is 7.23. The normalized spacial score (nSPS) is 13.5. The Bertz CT molecular complexity index is 399. The van der Waals surface area contributed by atoms with E-state index in [0.29, 0.717) is 6.61 Å². The van der Waals surface area contributed by atoms with Crippen LogP contribution in [0.25, 0.3) is 0 Å². The molecule has 0 aliphatic heterocycles. The van der Waals surface area contributed by atoms with Gasteiger partial charge in [0.15, 0.2) is 0 Å². The van der Waals surface area contributed by atoms with Gasteiger partial charge in [-0.1, -0.05) is 32.6 Å². The van der Waals surface area contributed by atoms with Crippen LogP contribution >= 0.6 is 0 Å². The lowest BCUT2D eigenvalue weighted by Gasteiger charge is -2.23. The molecule has 22 heavy (non-hydrogen) atoms. The number of hydrogen-bond acceptors (Lipinski definition) is 3. The molecule has 0 radical (unpaired) electrons. The highest BCUT2D eigenvalue weighted by Gasteiger charge is 2.64. The van der Waals surface area contributed by atoms with Crippen molar-refractivity contribution in [2.24, 2.45) is 0 Å². The molecule has 4 nitrogen and oxygen atoms in total. The maximum atomic E-state index is 13.1. The molecule has 0 fully saturated rings. The van der Waals surface area contributed by atoms with Crippen LogP contribution in [0, 0.1) is 0 Å². The molecule has 0 aromatic rings. The monoisotopic (exact) mass is 352 g/mol. The van der Waals surface area contributed by atoms with E-state index in [1.807, 2.05) is 0 Å². The van der Waals surface area contributed by atoms with Crippen LogP contribution in [0.1, 0.15) is 58.3 Å². The minimum Gasteiger partial charge on any atom is -0.381 e. The Kier molecular flexibility index (Phi) is 9.49. The molecular weight excluding hydrogens is 328 g/mol. The minimum atomic E-state index is -6.14. The van der Waals surface area contributed by atoms with Crippen molar-refractivity contribution in [3.63, 3.8) is 0 Å². The number of halogens is 4. The van der Waals surface area contributed by atoms with E-state index in [4.69, 9.17) is 9.29 Å². The number of hydrogen-bond donors (Lipinski definition) is 1. The van der Waals surface area contributed by atoms with E-state index >= 15 is 0 Å². The summed E-state index contributed by atoms with van der Waals surface area (Å²) in [6.07, 6.45) is 3.72. The Hall–Kier alpha value is -0.410. The van der Waals surface area contributed by atoms with Crippen molar-refractivity contribution >= 4 is 10.1 Å². The Balaban J connectivity index is 3.83. The van der Waals surface area contributed by atoms with E-state index in [9.17, 15) is 26.0 Å². The standard InChI is InChI=1S/C13H24F4O4S/c1-2-3-4-5-7-10-21-11-8-6-9-12(14,15)13(16,17)22(18,19)20/h2-11H2,1H3,(H,18,19,20). The van der Waals surface area contributed by atoms with Crippen molar-refractivity contribution in [2.45, 2.75) is 69.5 Å². The highest BCUT2D eigenvalue weighted by Crippen LogP contribution is 2.41. The summed E-state index contributed by atoms with van der Waals surface area (Å²) in [6, 6.07) is 0. The Labute approximate surface area is 129 Å². The highest BCUT2D eigenvalue weighted by atomic mass is 32.2. The van der Waals surface area contributed by atoms with Gasteiger partial charge >= 0.3 is 21.3 Å². The Morgan fingerprint density at radius 2 is 1.41 bits per heavy atom. The van der Waals surface area contributed by atoms with Gasteiger partial charge in [-0.05, 0) is 19.3 Å². The van der Waals surface area contributed by atoms with E-state index in [1.165, 1.54) is 0 Å². The van der Waals surface area contributed by atoms with Crippen molar-refractivity contribution in [3.05, 3.63) is 0 Å². The van der Waals surface area contributed by atoms with Crippen LogP contribution in [-0.2, 0) is 14.9 Å². The molecular formula is C13H24F4O4S. The molecule has 0 unspecified atom stereocenters. The van der Waals surface area contributed by atoms with Gasteiger partial charge in [-0.15, -0.1) is 0 Å². The van der Waals surface area contributed by atoms with Crippen molar-refractivity contribution in [3.8, 4) is 0 Å². The summed E-state index contributed by atoms with van der Waals surface area (Å²) in [6.45, 7) is 2.74. The summed E-state index contributed by atoms with van der Waals surface area (Å²) in [5.41, 5.74) is 0. The van der Waals surface area contributed by atoms with Gasteiger partial charge < -0.3 is 4.74 Å². The lowest BCUT2D eigenvalue weighted by molar-refractivity contribution is -0.165.